The lowest BCUT2D eigenvalue weighted by atomic mass is 10.1. The summed E-state index contributed by atoms with van der Waals surface area (Å²) < 4.78 is 10.9. The van der Waals surface area contributed by atoms with Gasteiger partial charge in [0.05, 0.1) is 17.5 Å². The molecule has 0 aliphatic rings. The van der Waals surface area contributed by atoms with Gasteiger partial charge in [0.2, 0.25) is 0 Å². The number of hydrogen-bond donors (Lipinski definition) is 0. The molecule has 3 rings (SSSR count). The first-order chi connectivity index (χ1) is 7.81. The van der Waals surface area contributed by atoms with Gasteiger partial charge < -0.3 is 9.15 Å². The summed E-state index contributed by atoms with van der Waals surface area (Å²) in [5.74, 6) is 0.667. The molecule has 0 unspecified atom stereocenters. The fourth-order valence-corrected chi connectivity index (χ4v) is 2.25. The number of fused-ring (bicyclic) bond motifs is 3. The van der Waals surface area contributed by atoms with E-state index in [0.29, 0.717) is 10.8 Å². The number of benzene rings is 2. The number of ether oxygens (including phenoxy) is 1. The molecule has 1 heterocycles. The molecule has 0 bridgehead atoms. The van der Waals surface area contributed by atoms with Crippen LogP contribution in [0.1, 0.15) is 0 Å². The fourth-order valence-electron chi connectivity index (χ4n) is 1.91. The zero-order valence-electron chi connectivity index (χ0n) is 8.66. The second-order valence-electron chi connectivity index (χ2n) is 3.55. The Balaban J connectivity index is 2.53. The van der Waals surface area contributed by atoms with Gasteiger partial charge >= 0.3 is 0 Å². The van der Waals surface area contributed by atoms with Gasteiger partial charge in [-0.15, -0.1) is 0 Å². The lowest BCUT2D eigenvalue weighted by molar-refractivity contribution is 0.415. The third-order valence-corrected chi connectivity index (χ3v) is 3.04. The van der Waals surface area contributed by atoms with Crippen molar-refractivity contribution in [2.24, 2.45) is 0 Å². The number of para-hydroxylation sites is 1. The minimum absolute atomic E-state index is 0.602. The van der Waals surface area contributed by atoms with Gasteiger partial charge in [0.1, 0.15) is 16.9 Å². The fraction of sp³-hybridized carbons (Fsp3) is 0.0769. The van der Waals surface area contributed by atoms with E-state index in [2.05, 4.69) is 0 Å². The zero-order chi connectivity index (χ0) is 11.1. The normalized spacial score (nSPS) is 11.1. The van der Waals surface area contributed by atoms with E-state index in [1.54, 1.807) is 7.11 Å². The van der Waals surface area contributed by atoms with E-state index in [1.807, 2.05) is 36.4 Å². The SMILES string of the molecule is COc1ccc2oc3ccccc3c2c1Cl. The lowest BCUT2D eigenvalue weighted by Crippen LogP contribution is -1.83. The molecule has 3 aromatic rings. The second kappa shape index (κ2) is 3.42. The number of halogens is 1. The summed E-state index contributed by atoms with van der Waals surface area (Å²) in [6.07, 6.45) is 0. The van der Waals surface area contributed by atoms with E-state index in [1.165, 1.54) is 0 Å². The van der Waals surface area contributed by atoms with Gasteiger partial charge in [0.15, 0.2) is 0 Å². The molecule has 0 saturated carbocycles. The highest BCUT2D eigenvalue weighted by atomic mass is 35.5. The first-order valence-corrected chi connectivity index (χ1v) is 5.33. The summed E-state index contributed by atoms with van der Waals surface area (Å²) >= 11 is 6.28. The third-order valence-electron chi connectivity index (χ3n) is 2.66. The van der Waals surface area contributed by atoms with E-state index >= 15 is 0 Å². The zero-order valence-corrected chi connectivity index (χ0v) is 9.41. The molecular weight excluding hydrogens is 224 g/mol. The van der Waals surface area contributed by atoms with Crippen LogP contribution in [-0.4, -0.2) is 7.11 Å². The third kappa shape index (κ3) is 1.20. The van der Waals surface area contributed by atoms with E-state index in [9.17, 15) is 0 Å². The van der Waals surface area contributed by atoms with Crippen molar-refractivity contribution in [1.29, 1.82) is 0 Å². The van der Waals surface area contributed by atoms with Gasteiger partial charge in [-0.3, -0.25) is 0 Å². The predicted octanol–water partition coefficient (Wildman–Crippen LogP) is 4.25. The topological polar surface area (TPSA) is 22.4 Å². The molecule has 0 atom stereocenters. The van der Waals surface area contributed by atoms with E-state index in [4.69, 9.17) is 20.8 Å². The molecule has 0 radical (unpaired) electrons. The molecule has 0 N–H and O–H groups in total. The van der Waals surface area contributed by atoms with Crippen molar-refractivity contribution in [3.8, 4) is 5.75 Å². The molecule has 80 valence electrons. The minimum atomic E-state index is 0.602. The molecular formula is C13H9ClO2. The summed E-state index contributed by atoms with van der Waals surface area (Å²) in [6, 6.07) is 11.5. The molecule has 0 saturated heterocycles. The van der Waals surface area contributed by atoms with Crippen molar-refractivity contribution < 1.29 is 9.15 Å². The highest BCUT2D eigenvalue weighted by molar-refractivity contribution is 6.39. The standard InChI is InChI=1S/C13H9ClO2/c1-15-11-7-6-10-12(13(11)14)8-4-2-3-5-9(8)16-10/h2-7H,1H3. The van der Waals surface area contributed by atoms with Crippen molar-refractivity contribution in [2.45, 2.75) is 0 Å². The van der Waals surface area contributed by atoms with Crippen LogP contribution in [0.5, 0.6) is 5.75 Å². The maximum Gasteiger partial charge on any atom is 0.138 e. The number of furan rings is 1. The molecule has 0 spiro atoms. The first-order valence-electron chi connectivity index (χ1n) is 4.95. The van der Waals surface area contributed by atoms with Crippen molar-refractivity contribution in [3.05, 3.63) is 41.4 Å². The Morgan fingerprint density at radius 3 is 2.69 bits per heavy atom. The average Bonchev–Trinajstić information content (AvgIpc) is 2.68. The van der Waals surface area contributed by atoms with E-state index in [0.717, 1.165) is 21.9 Å². The summed E-state index contributed by atoms with van der Waals surface area (Å²) in [4.78, 5) is 0. The van der Waals surface area contributed by atoms with E-state index in [-0.39, 0.29) is 0 Å². The van der Waals surface area contributed by atoms with Crippen molar-refractivity contribution in [3.63, 3.8) is 0 Å². The Labute approximate surface area is 97.4 Å². The number of methoxy groups -OCH3 is 1. The van der Waals surface area contributed by atoms with Crippen LogP contribution in [-0.2, 0) is 0 Å². The van der Waals surface area contributed by atoms with Gasteiger partial charge in [0.25, 0.3) is 0 Å². The Bertz CT molecular complexity index is 670. The summed E-state index contributed by atoms with van der Waals surface area (Å²) in [6.45, 7) is 0. The van der Waals surface area contributed by atoms with Crippen LogP contribution in [0.25, 0.3) is 21.9 Å². The molecule has 0 aliphatic heterocycles. The average molecular weight is 233 g/mol. The van der Waals surface area contributed by atoms with Gasteiger partial charge in [-0.2, -0.15) is 0 Å². The summed E-state index contributed by atoms with van der Waals surface area (Å²) in [7, 11) is 1.61. The molecule has 0 amide bonds. The van der Waals surface area contributed by atoms with Crippen LogP contribution < -0.4 is 4.74 Å². The lowest BCUT2D eigenvalue weighted by Gasteiger charge is -2.02. The maximum absolute atomic E-state index is 6.28. The maximum atomic E-state index is 6.28. The molecule has 0 fully saturated rings. The molecule has 0 aliphatic carbocycles. The minimum Gasteiger partial charge on any atom is -0.495 e. The van der Waals surface area contributed by atoms with Gasteiger partial charge in [-0.1, -0.05) is 29.8 Å². The van der Waals surface area contributed by atoms with Crippen LogP contribution in [0.15, 0.2) is 40.8 Å². The van der Waals surface area contributed by atoms with Crippen LogP contribution in [0.2, 0.25) is 5.02 Å². The van der Waals surface area contributed by atoms with Crippen LogP contribution >= 0.6 is 11.6 Å². The highest BCUT2D eigenvalue weighted by Gasteiger charge is 2.12. The monoisotopic (exact) mass is 232 g/mol. The molecule has 2 nitrogen and oxygen atoms in total. The Morgan fingerprint density at radius 2 is 1.88 bits per heavy atom. The molecule has 1 aromatic heterocycles. The Hall–Kier alpha value is -1.67. The van der Waals surface area contributed by atoms with Crippen molar-refractivity contribution in [1.82, 2.24) is 0 Å². The number of hydrogen-bond acceptors (Lipinski definition) is 2. The van der Waals surface area contributed by atoms with Crippen LogP contribution in [0, 0.1) is 0 Å². The van der Waals surface area contributed by atoms with Crippen molar-refractivity contribution in [2.75, 3.05) is 7.11 Å². The second-order valence-corrected chi connectivity index (χ2v) is 3.93. The first kappa shape index (κ1) is 9.55. The smallest absolute Gasteiger partial charge is 0.138 e. The highest BCUT2D eigenvalue weighted by Crippen LogP contribution is 2.38. The van der Waals surface area contributed by atoms with Gasteiger partial charge in [-0.05, 0) is 18.2 Å². The van der Waals surface area contributed by atoms with E-state index < -0.39 is 0 Å². The molecule has 3 heteroatoms. The van der Waals surface area contributed by atoms with Gasteiger partial charge in [-0.25, -0.2) is 0 Å². The Kier molecular flexibility index (Phi) is 2.04. The van der Waals surface area contributed by atoms with Crippen LogP contribution in [0.4, 0.5) is 0 Å². The predicted molar refractivity (Wildman–Crippen MR) is 65.3 cm³/mol. The van der Waals surface area contributed by atoms with Crippen molar-refractivity contribution >= 4 is 33.5 Å². The molecule has 16 heavy (non-hydrogen) atoms. The number of rotatable bonds is 1. The summed E-state index contributed by atoms with van der Waals surface area (Å²) in [5, 5.41) is 2.53. The largest absolute Gasteiger partial charge is 0.495 e. The molecule has 2 aromatic carbocycles. The summed E-state index contributed by atoms with van der Waals surface area (Å²) in [5.41, 5.74) is 1.62. The quantitative estimate of drug-likeness (QED) is 0.626. The van der Waals surface area contributed by atoms with Crippen LogP contribution in [0.3, 0.4) is 0 Å². The Morgan fingerprint density at radius 1 is 1.06 bits per heavy atom. The van der Waals surface area contributed by atoms with Gasteiger partial charge in [0, 0.05) is 5.39 Å².